The van der Waals surface area contributed by atoms with Gasteiger partial charge in [0, 0.05) is 42.7 Å². The number of H-pyrrole nitrogens is 1. The molecule has 174 valence electrons. The molecule has 8 nitrogen and oxygen atoms in total. The molecule has 0 spiro atoms. The minimum absolute atomic E-state index is 0.0915. The second-order valence-electron chi connectivity index (χ2n) is 8.10. The number of rotatable bonds is 6. The highest BCUT2D eigenvalue weighted by Gasteiger charge is 2.17. The Hall–Kier alpha value is -3.46. The number of ether oxygens (including phenoxy) is 1. The van der Waals surface area contributed by atoms with Crippen molar-refractivity contribution in [2.45, 2.75) is 6.42 Å². The number of carbonyl (C=O) groups excluding carboxylic acids is 1. The molecule has 1 aliphatic rings. The van der Waals surface area contributed by atoms with Crippen LogP contribution in [0.5, 0.6) is 0 Å². The topological polar surface area (TPSA) is 100 Å². The van der Waals surface area contributed by atoms with E-state index < -0.39 is 5.56 Å². The molecule has 0 radical (unpaired) electrons. The summed E-state index contributed by atoms with van der Waals surface area (Å²) in [7, 11) is 0. The number of carbonyl (C=O) groups is 1. The van der Waals surface area contributed by atoms with Crippen molar-refractivity contribution < 1.29 is 13.9 Å². The Morgan fingerprint density at radius 3 is 2.82 bits per heavy atom. The number of anilines is 1. The lowest BCUT2D eigenvalue weighted by Crippen LogP contribution is -2.38. The van der Waals surface area contributed by atoms with Gasteiger partial charge in [0.05, 0.1) is 18.2 Å². The summed E-state index contributed by atoms with van der Waals surface area (Å²) in [6.07, 6.45) is 2.10. The Kier molecular flexibility index (Phi) is 6.19. The van der Waals surface area contributed by atoms with Crippen LogP contribution in [0.15, 0.2) is 52.2 Å². The van der Waals surface area contributed by atoms with Crippen molar-refractivity contribution in [3.05, 3.63) is 63.9 Å². The molecule has 3 heterocycles. The van der Waals surface area contributed by atoms with Crippen molar-refractivity contribution in [3.63, 3.8) is 0 Å². The van der Waals surface area contributed by atoms with Gasteiger partial charge in [0.25, 0.3) is 5.56 Å². The number of hydrogen-bond donors (Lipinski definition) is 2. The average Bonchev–Trinajstić information content (AvgIpc) is 3.22. The van der Waals surface area contributed by atoms with E-state index >= 15 is 0 Å². The number of fused-ring (bicyclic) bond motifs is 3. The SMILES string of the molecule is C=Cc1ccc2oc3c(=O)[nH]c(-c4ccc(NC(=O)CCN5CCOCC5)cc4Cl)nc3c2c1. The fraction of sp³-hybridized carbons (Fsp3) is 0.240. The third-order valence-corrected chi connectivity index (χ3v) is 6.16. The largest absolute Gasteiger partial charge is 0.449 e. The van der Waals surface area contributed by atoms with Gasteiger partial charge in [0.2, 0.25) is 11.5 Å². The van der Waals surface area contributed by atoms with Gasteiger partial charge in [-0.05, 0) is 35.9 Å². The first-order valence-corrected chi connectivity index (χ1v) is 11.4. The highest BCUT2D eigenvalue weighted by molar-refractivity contribution is 6.33. The number of hydrogen-bond acceptors (Lipinski definition) is 6. The van der Waals surface area contributed by atoms with Crippen LogP contribution in [-0.2, 0) is 9.53 Å². The van der Waals surface area contributed by atoms with E-state index in [0.717, 1.165) is 24.0 Å². The molecule has 2 N–H and O–H groups in total. The number of nitrogens with zero attached hydrogens (tertiary/aromatic N) is 2. The quantitative estimate of drug-likeness (QED) is 0.428. The summed E-state index contributed by atoms with van der Waals surface area (Å²) in [6, 6.07) is 10.6. The summed E-state index contributed by atoms with van der Waals surface area (Å²) < 4.78 is 11.0. The van der Waals surface area contributed by atoms with E-state index in [2.05, 4.69) is 26.8 Å². The van der Waals surface area contributed by atoms with Crippen LogP contribution in [0.2, 0.25) is 5.02 Å². The lowest BCUT2D eigenvalue weighted by molar-refractivity contribution is -0.116. The zero-order valence-corrected chi connectivity index (χ0v) is 19.2. The maximum absolute atomic E-state index is 12.7. The first-order valence-electron chi connectivity index (χ1n) is 11.0. The van der Waals surface area contributed by atoms with E-state index in [9.17, 15) is 9.59 Å². The number of benzene rings is 2. The number of aromatic amines is 1. The van der Waals surface area contributed by atoms with Gasteiger partial charge in [-0.25, -0.2) is 4.98 Å². The summed E-state index contributed by atoms with van der Waals surface area (Å²) in [5, 5.41) is 3.95. The van der Waals surface area contributed by atoms with E-state index in [1.165, 1.54) is 0 Å². The monoisotopic (exact) mass is 478 g/mol. The zero-order valence-electron chi connectivity index (χ0n) is 18.4. The fourth-order valence-corrected chi connectivity index (χ4v) is 4.29. The number of amides is 1. The van der Waals surface area contributed by atoms with E-state index in [4.69, 9.17) is 20.8 Å². The fourth-order valence-electron chi connectivity index (χ4n) is 4.02. The van der Waals surface area contributed by atoms with Gasteiger partial charge in [0.15, 0.2) is 0 Å². The summed E-state index contributed by atoms with van der Waals surface area (Å²) in [4.78, 5) is 34.7. The van der Waals surface area contributed by atoms with Crippen molar-refractivity contribution >= 4 is 51.3 Å². The van der Waals surface area contributed by atoms with Crippen LogP contribution in [0.4, 0.5) is 5.69 Å². The van der Waals surface area contributed by atoms with Crippen LogP contribution in [0, 0.1) is 0 Å². The van der Waals surface area contributed by atoms with Crippen LogP contribution < -0.4 is 10.9 Å². The van der Waals surface area contributed by atoms with Crippen LogP contribution >= 0.6 is 11.6 Å². The molecule has 0 saturated carbocycles. The highest BCUT2D eigenvalue weighted by Crippen LogP contribution is 2.31. The molecule has 34 heavy (non-hydrogen) atoms. The third kappa shape index (κ3) is 4.48. The van der Waals surface area contributed by atoms with E-state index in [-0.39, 0.29) is 11.5 Å². The van der Waals surface area contributed by atoms with Crippen molar-refractivity contribution in [3.8, 4) is 11.4 Å². The molecule has 2 aromatic carbocycles. The maximum Gasteiger partial charge on any atom is 0.294 e. The smallest absolute Gasteiger partial charge is 0.294 e. The number of nitrogens with one attached hydrogen (secondary N) is 2. The first-order chi connectivity index (χ1) is 16.5. The third-order valence-electron chi connectivity index (χ3n) is 5.85. The van der Waals surface area contributed by atoms with Crippen molar-refractivity contribution in [1.82, 2.24) is 14.9 Å². The minimum atomic E-state index is -0.395. The first kappa shape index (κ1) is 22.3. The standard InChI is InChI=1S/C25H23ClN4O4/c1-2-15-3-6-20-18(13-15)22-23(34-20)25(32)29-24(28-22)17-5-4-16(14-19(17)26)27-21(31)7-8-30-9-11-33-12-10-30/h2-6,13-14H,1,7-12H2,(H,27,31)(H,28,29,32). The van der Waals surface area contributed by atoms with Gasteiger partial charge in [-0.15, -0.1) is 0 Å². The van der Waals surface area contributed by atoms with Crippen LogP contribution in [-0.4, -0.2) is 53.6 Å². The van der Waals surface area contributed by atoms with Crippen LogP contribution in [0.25, 0.3) is 39.5 Å². The Balaban J connectivity index is 1.38. The summed E-state index contributed by atoms with van der Waals surface area (Å²) in [5.74, 6) is 0.227. The molecule has 0 bridgehead atoms. The van der Waals surface area contributed by atoms with E-state index in [1.54, 1.807) is 30.3 Å². The van der Waals surface area contributed by atoms with E-state index in [0.29, 0.717) is 59.4 Å². The average molecular weight is 479 g/mol. The highest BCUT2D eigenvalue weighted by atomic mass is 35.5. The molecule has 1 saturated heterocycles. The molecule has 5 rings (SSSR count). The van der Waals surface area contributed by atoms with Crippen molar-refractivity contribution in [1.29, 1.82) is 0 Å². The number of morpholine rings is 1. The lowest BCUT2D eigenvalue weighted by Gasteiger charge is -2.26. The number of furan rings is 1. The predicted molar refractivity (Wildman–Crippen MR) is 133 cm³/mol. The van der Waals surface area contributed by atoms with E-state index in [1.807, 2.05) is 12.1 Å². The molecule has 1 fully saturated rings. The summed E-state index contributed by atoms with van der Waals surface area (Å²) >= 11 is 6.52. The second kappa shape index (κ2) is 9.42. The van der Waals surface area contributed by atoms with Gasteiger partial charge in [0.1, 0.15) is 16.9 Å². The molecule has 9 heteroatoms. The molecule has 2 aromatic heterocycles. The minimum Gasteiger partial charge on any atom is -0.449 e. The van der Waals surface area contributed by atoms with Crippen LogP contribution in [0.1, 0.15) is 12.0 Å². The molecule has 0 unspecified atom stereocenters. The van der Waals surface area contributed by atoms with Gasteiger partial charge >= 0.3 is 0 Å². The molecular formula is C25H23ClN4O4. The lowest BCUT2D eigenvalue weighted by atomic mass is 10.1. The normalized spacial score (nSPS) is 14.5. The maximum atomic E-state index is 12.7. The Morgan fingerprint density at radius 2 is 2.06 bits per heavy atom. The molecule has 0 atom stereocenters. The van der Waals surface area contributed by atoms with Gasteiger partial charge in [-0.3, -0.25) is 14.5 Å². The summed E-state index contributed by atoms with van der Waals surface area (Å²) in [6.45, 7) is 7.54. The molecule has 1 aliphatic heterocycles. The van der Waals surface area contributed by atoms with Gasteiger partial charge in [-0.2, -0.15) is 0 Å². The molecule has 0 aliphatic carbocycles. The summed E-state index contributed by atoms with van der Waals surface area (Å²) in [5.41, 5.74) is 2.79. The van der Waals surface area contributed by atoms with Crippen LogP contribution in [0.3, 0.4) is 0 Å². The Morgan fingerprint density at radius 1 is 1.24 bits per heavy atom. The van der Waals surface area contributed by atoms with Gasteiger partial charge in [-0.1, -0.05) is 30.3 Å². The van der Waals surface area contributed by atoms with Crippen molar-refractivity contribution in [2.75, 3.05) is 38.2 Å². The van der Waals surface area contributed by atoms with Crippen molar-refractivity contribution in [2.24, 2.45) is 0 Å². The second-order valence-corrected chi connectivity index (χ2v) is 8.51. The number of aromatic nitrogens is 2. The molecule has 1 amide bonds. The van der Waals surface area contributed by atoms with Gasteiger partial charge < -0.3 is 19.5 Å². The Labute approximate surface area is 200 Å². The Bertz CT molecular complexity index is 1450. The number of halogens is 1. The zero-order chi connectivity index (χ0) is 23.7. The molecule has 4 aromatic rings. The predicted octanol–water partition coefficient (Wildman–Crippen LogP) is 4.29. The molecular weight excluding hydrogens is 456 g/mol.